The molecule has 1 unspecified atom stereocenters. The Hall–Kier alpha value is -1.10. The molecule has 0 spiro atoms. The molecule has 0 aromatic rings. The van der Waals surface area contributed by atoms with Crippen molar-refractivity contribution in [2.24, 2.45) is 11.1 Å². The lowest BCUT2D eigenvalue weighted by Gasteiger charge is -2.43. The maximum Gasteiger partial charge on any atom is 0.329 e. The van der Waals surface area contributed by atoms with Crippen LogP contribution in [0.15, 0.2) is 0 Å². The van der Waals surface area contributed by atoms with Crippen LogP contribution in [0.3, 0.4) is 0 Å². The van der Waals surface area contributed by atoms with E-state index < -0.39 is 11.5 Å². The Morgan fingerprint density at radius 3 is 2.40 bits per heavy atom. The van der Waals surface area contributed by atoms with Crippen molar-refractivity contribution < 1.29 is 14.7 Å². The monoisotopic (exact) mass is 282 g/mol. The summed E-state index contributed by atoms with van der Waals surface area (Å²) in [6, 6.07) is 0. The van der Waals surface area contributed by atoms with Crippen LogP contribution in [0.5, 0.6) is 0 Å². The van der Waals surface area contributed by atoms with Gasteiger partial charge in [0.2, 0.25) is 5.91 Å². The number of carbonyl (C=O) groups is 2. The molecule has 1 aliphatic carbocycles. The summed E-state index contributed by atoms with van der Waals surface area (Å²) in [4.78, 5) is 26.0. The van der Waals surface area contributed by atoms with Crippen LogP contribution >= 0.6 is 0 Å². The second kappa shape index (κ2) is 5.72. The second-order valence-electron chi connectivity index (χ2n) is 6.47. The summed E-state index contributed by atoms with van der Waals surface area (Å²) in [5, 5.41) is 9.62. The van der Waals surface area contributed by atoms with Gasteiger partial charge in [0.15, 0.2) is 0 Å². The molecule has 2 fully saturated rings. The lowest BCUT2D eigenvalue weighted by molar-refractivity contribution is -0.158. The third-order valence-electron chi connectivity index (χ3n) is 5.22. The van der Waals surface area contributed by atoms with E-state index in [9.17, 15) is 14.7 Å². The Kier molecular flexibility index (Phi) is 4.37. The van der Waals surface area contributed by atoms with Crippen molar-refractivity contribution in [2.45, 2.75) is 63.8 Å². The molecule has 5 heteroatoms. The van der Waals surface area contributed by atoms with E-state index in [4.69, 9.17) is 5.73 Å². The summed E-state index contributed by atoms with van der Waals surface area (Å²) in [5.41, 5.74) is 4.79. The number of likely N-dealkylation sites (tertiary alicyclic amines) is 1. The maximum atomic E-state index is 12.6. The molecule has 1 amide bonds. The predicted molar refractivity (Wildman–Crippen MR) is 76.2 cm³/mol. The van der Waals surface area contributed by atoms with Gasteiger partial charge >= 0.3 is 5.97 Å². The minimum atomic E-state index is -0.967. The van der Waals surface area contributed by atoms with Crippen LogP contribution < -0.4 is 5.73 Å². The molecule has 1 atom stereocenters. The largest absolute Gasteiger partial charge is 0.479 e. The fourth-order valence-electron chi connectivity index (χ4n) is 3.79. The Balaban J connectivity index is 2.13. The van der Waals surface area contributed by atoms with Crippen molar-refractivity contribution in [3.63, 3.8) is 0 Å². The molecule has 0 aromatic heterocycles. The quantitative estimate of drug-likeness (QED) is 0.777. The molecular formula is C15H26N2O3. The van der Waals surface area contributed by atoms with Crippen molar-refractivity contribution in [1.29, 1.82) is 0 Å². The number of rotatable bonds is 6. The summed E-state index contributed by atoms with van der Waals surface area (Å²) in [6.45, 7) is 3.07. The average molecular weight is 282 g/mol. The lowest BCUT2D eigenvalue weighted by Crippen LogP contribution is -2.54. The topological polar surface area (TPSA) is 83.6 Å². The van der Waals surface area contributed by atoms with Gasteiger partial charge in [-0.05, 0) is 44.1 Å². The van der Waals surface area contributed by atoms with Gasteiger partial charge in [0, 0.05) is 13.0 Å². The highest BCUT2D eigenvalue weighted by atomic mass is 16.4. The standard InChI is InChI=1S/C15H26N2O3/c1-2-5-15(13(19)20)8-4-9-17(15)12(18)10-14(11-16)6-3-7-14/h2-11,16H2,1H3,(H,19,20). The molecule has 2 aliphatic rings. The molecule has 0 aromatic carbocycles. The molecule has 1 saturated carbocycles. The fourth-order valence-corrected chi connectivity index (χ4v) is 3.79. The zero-order valence-corrected chi connectivity index (χ0v) is 12.4. The van der Waals surface area contributed by atoms with Gasteiger partial charge in [0.25, 0.3) is 0 Å². The van der Waals surface area contributed by atoms with Gasteiger partial charge in [0.1, 0.15) is 5.54 Å². The van der Waals surface area contributed by atoms with E-state index in [1.165, 1.54) is 0 Å². The number of carboxylic acid groups (broad SMARTS) is 1. The normalized spacial score (nSPS) is 28.2. The third kappa shape index (κ3) is 2.43. The number of carboxylic acids is 1. The number of hydrogen-bond acceptors (Lipinski definition) is 3. The van der Waals surface area contributed by atoms with E-state index in [1.54, 1.807) is 4.90 Å². The van der Waals surface area contributed by atoms with Crippen LogP contribution in [0.25, 0.3) is 0 Å². The van der Waals surface area contributed by atoms with Crippen LogP contribution in [0.1, 0.15) is 58.3 Å². The smallest absolute Gasteiger partial charge is 0.329 e. The van der Waals surface area contributed by atoms with E-state index in [2.05, 4.69) is 0 Å². The Labute approximate surface area is 120 Å². The molecule has 1 heterocycles. The molecule has 114 valence electrons. The molecule has 0 bridgehead atoms. The molecule has 1 saturated heterocycles. The Bertz CT molecular complexity index is 387. The SMILES string of the molecule is CCCC1(C(=O)O)CCCN1C(=O)CC1(CN)CCC1. The highest BCUT2D eigenvalue weighted by Crippen LogP contribution is 2.44. The lowest BCUT2D eigenvalue weighted by atomic mass is 9.66. The number of nitrogens with zero attached hydrogens (tertiary/aromatic N) is 1. The fraction of sp³-hybridized carbons (Fsp3) is 0.867. The molecule has 1 aliphatic heterocycles. The zero-order valence-electron chi connectivity index (χ0n) is 12.4. The minimum absolute atomic E-state index is 0.0106. The molecule has 3 N–H and O–H groups in total. The van der Waals surface area contributed by atoms with E-state index in [-0.39, 0.29) is 11.3 Å². The summed E-state index contributed by atoms with van der Waals surface area (Å²) in [5.74, 6) is -0.857. The van der Waals surface area contributed by atoms with E-state index in [1.807, 2.05) is 6.92 Å². The van der Waals surface area contributed by atoms with Crippen LogP contribution in [0, 0.1) is 5.41 Å². The van der Waals surface area contributed by atoms with Crippen molar-refractivity contribution in [3.8, 4) is 0 Å². The van der Waals surface area contributed by atoms with Gasteiger partial charge in [-0.1, -0.05) is 19.8 Å². The first-order chi connectivity index (χ1) is 9.49. The molecule has 5 nitrogen and oxygen atoms in total. The van der Waals surface area contributed by atoms with Crippen molar-refractivity contribution in [1.82, 2.24) is 4.90 Å². The van der Waals surface area contributed by atoms with E-state index in [0.717, 1.165) is 32.1 Å². The highest BCUT2D eigenvalue weighted by molar-refractivity contribution is 5.88. The van der Waals surface area contributed by atoms with E-state index >= 15 is 0 Å². The van der Waals surface area contributed by atoms with Gasteiger partial charge in [0.05, 0.1) is 0 Å². The van der Waals surface area contributed by atoms with Crippen molar-refractivity contribution >= 4 is 11.9 Å². The molecular weight excluding hydrogens is 256 g/mol. The predicted octanol–water partition coefficient (Wildman–Crippen LogP) is 1.75. The van der Waals surface area contributed by atoms with Gasteiger partial charge in [-0.15, -0.1) is 0 Å². The summed E-state index contributed by atoms with van der Waals surface area (Å²) in [7, 11) is 0. The highest BCUT2D eigenvalue weighted by Gasteiger charge is 2.50. The maximum absolute atomic E-state index is 12.6. The van der Waals surface area contributed by atoms with Gasteiger partial charge in [-0.2, -0.15) is 0 Å². The van der Waals surface area contributed by atoms with Crippen molar-refractivity contribution in [2.75, 3.05) is 13.1 Å². The van der Waals surface area contributed by atoms with Gasteiger partial charge in [-0.25, -0.2) is 4.79 Å². The van der Waals surface area contributed by atoms with Crippen LogP contribution in [-0.4, -0.2) is 40.5 Å². The summed E-state index contributed by atoms with van der Waals surface area (Å²) in [6.07, 6.45) is 6.23. The van der Waals surface area contributed by atoms with Gasteiger partial charge in [-0.3, -0.25) is 4.79 Å². The minimum Gasteiger partial charge on any atom is -0.479 e. The summed E-state index contributed by atoms with van der Waals surface area (Å²) >= 11 is 0. The van der Waals surface area contributed by atoms with Crippen LogP contribution in [0.2, 0.25) is 0 Å². The number of aliphatic carboxylic acids is 1. The van der Waals surface area contributed by atoms with Gasteiger partial charge < -0.3 is 15.7 Å². The molecule has 0 radical (unpaired) electrons. The first-order valence-electron chi connectivity index (χ1n) is 7.74. The van der Waals surface area contributed by atoms with Crippen LogP contribution in [-0.2, 0) is 9.59 Å². The second-order valence-corrected chi connectivity index (χ2v) is 6.47. The van der Waals surface area contributed by atoms with E-state index in [0.29, 0.717) is 32.4 Å². The van der Waals surface area contributed by atoms with Crippen molar-refractivity contribution in [3.05, 3.63) is 0 Å². The molecule has 20 heavy (non-hydrogen) atoms. The first-order valence-corrected chi connectivity index (χ1v) is 7.74. The zero-order chi connectivity index (χ0) is 14.8. The number of carbonyl (C=O) groups excluding carboxylic acids is 1. The Morgan fingerprint density at radius 1 is 1.25 bits per heavy atom. The number of hydrogen-bond donors (Lipinski definition) is 2. The Morgan fingerprint density at radius 2 is 1.95 bits per heavy atom. The first kappa shape index (κ1) is 15.3. The summed E-state index contributed by atoms with van der Waals surface area (Å²) < 4.78 is 0. The third-order valence-corrected chi connectivity index (χ3v) is 5.22. The number of nitrogens with two attached hydrogens (primary N) is 1. The average Bonchev–Trinajstić information content (AvgIpc) is 2.79. The number of amides is 1. The van der Waals surface area contributed by atoms with Crippen LogP contribution in [0.4, 0.5) is 0 Å². The molecule has 2 rings (SSSR count).